The quantitative estimate of drug-likeness (QED) is 0.648. The summed E-state index contributed by atoms with van der Waals surface area (Å²) in [6.45, 7) is 0. The van der Waals surface area contributed by atoms with E-state index in [0.717, 1.165) is 10.5 Å². The minimum absolute atomic E-state index is 0.0612. The highest BCUT2D eigenvalue weighted by Crippen LogP contribution is 2.41. The summed E-state index contributed by atoms with van der Waals surface area (Å²) in [7, 11) is -4.28. The molecule has 0 radical (unpaired) electrons. The number of carboxylic acid groups (broad SMARTS) is 1. The number of carbonyl (C=O) groups is 1. The standard InChI is InChI=1S/C19H18ClF3N2O4S/c20-17-9-8-16(11-24-17)30(28,29)25(14-6-4-12(5-7-14)18(26)27)15-3-1-2-13(10-15)19(21,22)23/h4-9,11,13,15H,1-3,10H2,(H,26,27). The normalized spacial score (nSPS) is 20.0. The number of nitrogens with zero attached hydrogens (tertiary/aromatic N) is 2. The third-order valence-electron chi connectivity index (χ3n) is 5.07. The molecule has 1 N–H and O–H groups in total. The number of carboxylic acids is 1. The molecule has 1 aliphatic rings. The smallest absolute Gasteiger partial charge is 0.391 e. The van der Waals surface area contributed by atoms with Gasteiger partial charge in [-0.15, -0.1) is 0 Å². The minimum atomic E-state index is -4.43. The number of hydrogen-bond acceptors (Lipinski definition) is 4. The van der Waals surface area contributed by atoms with E-state index in [1.807, 2.05) is 0 Å². The zero-order chi connectivity index (χ0) is 22.1. The highest BCUT2D eigenvalue weighted by Gasteiger charge is 2.45. The Morgan fingerprint density at radius 1 is 1.13 bits per heavy atom. The van der Waals surface area contributed by atoms with Crippen molar-refractivity contribution in [2.75, 3.05) is 4.31 Å². The van der Waals surface area contributed by atoms with Crippen LogP contribution in [-0.2, 0) is 10.0 Å². The number of rotatable bonds is 5. The Hall–Kier alpha value is -2.33. The number of aromatic nitrogens is 1. The third-order valence-corrected chi connectivity index (χ3v) is 7.15. The van der Waals surface area contributed by atoms with Crippen molar-refractivity contribution in [3.63, 3.8) is 0 Å². The summed E-state index contributed by atoms with van der Waals surface area (Å²) < 4.78 is 67.7. The first-order chi connectivity index (χ1) is 14.0. The molecule has 1 aromatic carbocycles. The maximum Gasteiger partial charge on any atom is 0.391 e. The van der Waals surface area contributed by atoms with Gasteiger partial charge in [-0.1, -0.05) is 18.0 Å². The second-order valence-corrected chi connectivity index (χ2v) is 9.23. The topological polar surface area (TPSA) is 87.6 Å². The van der Waals surface area contributed by atoms with Crippen LogP contribution < -0.4 is 4.31 Å². The van der Waals surface area contributed by atoms with Gasteiger partial charge < -0.3 is 5.11 Å². The van der Waals surface area contributed by atoms with E-state index in [0.29, 0.717) is 0 Å². The van der Waals surface area contributed by atoms with E-state index in [1.165, 1.54) is 36.4 Å². The summed E-state index contributed by atoms with van der Waals surface area (Å²) in [5.74, 6) is -2.82. The number of sulfonamides is 1. The number of alkyl halides is 3. The van der Waals surface area contributed by atoms with Gasteiger partial charge in [-0.2, -0.15) is 13.2 Å². The third kappa shape index (κ3) is 4.70. The van der Waals surface area contributed by atoms with Crippen LogP contribution in [0, 0.1) is 5.92 Å². The number of halogens is 4. The lowest BCUT2D eigenvalue weighted by molar-refractivity contribution is -0.182. The number of hydrogen-bond donors (Lipinski definition) is 1. The van der Waals surface area contributed by atoms with Crippen LogP contribution in [0.15, 0.2) is 47.5 Å². The van der Waals surface area contributed by atoms with E-state index in [1.54, 1.807) is 0 Å². The van der Waals surface area contributed by atoms with Gasteiger partial charge in [0.1, 0.15) is 10.0 Å². The number of benzene rings is 1. The van der Waals surface area contributed by atoms with Gasteiger partial charge in [0, 0.05) is 12.2 Å². The summed E-state index contributed by atoms with van der Waals surface area (Å²) in [5, 5.41) is 9.14. The summed E-state index contributed by atoms with van der Waals surface area (Å²) in [6.07, 6.45) is -3.37. The zero-order valence-electron chi connectivity index (χ0n) is 15.5. The molecular weight excluding hydrogens is 445 g/mol. The Kier molecular flexibility index (Phi) is 6.28. The van der Waals surface area contributed by atoms with Gasteiger partial charge in [-0.3, -0.25) is 4.31 Å². The Morgan fingerprint density at radius 2 is 1.80 bits per heavy atom. The molecule has 162 valence electrons. The first kappa shape index (κ1) is 22.4. The molecule has 3 rings (SSSR count). The Labute approximate surface area is 176 Å². The summed E-state index contributed by atoms with van der Waals surface area (Å²) in [5.41, 5.74) is 0.0174. The van der Waals surface area contributed by atoms with E-state index in [4.69, 9.17) is 16.7 Å². The molecule has 0 amide bonds. The van der Waals surface area contributed by atoms with Crippen molar-refractivity contribution >= 4 is 33.3 Å². The predicted molar refractivity (Wildman–Crippen MR) is 104 cm³/mol. The second kappa shape index (κ2) is 8.43. The monoisotopic (exact) mass is 462 g/mol. The SMILES string of the molecule is O=C(O)c1ccc(N(C2CCCC(C(F)(F)F)C2)S(=O)(=O)c2ccc(Cl)nc2)cc1. The molecule has 2 unspecified atom stereocenters. The van der Waals surface area contributed by atoms with Crippen molar-refractivity contribution in [3.8, 4) is 0 Å². The van der Waals surface area contributed by atoms with Crippen molar-refractivity contribution in [1.29, 1.82) is 0 Å². The van der Waals surface area contributed by atoms with Crippen LogP contribution in [0.25, 0.3) is 0 Å². The highest BCUT2D eigenvalue weighted by atomic mass is 35.5. The number of pyridine rings is 1. The average molecular weight is 463 g/mol. The van der Waals surface area contributed by atoms with E-state index >= 15 is 0 Å². The van der Waals surface area contributed by atoms with E-state index in [-0.39, 0.29) is 47.0 Å². The van der Waals surface area contributed by atoms with Crippen molar-refractivity contribution < 1.29 is 31.5 Å². The lowest BCUT2D eigenvalue weighted by atomic mass is 9.85. The predicted octanol–water partition coefficient (Wildman–Crippen LogP) is 4.75. The van der Waals surface area contributed by atoms with E-state index in [9.17, 15) is 26.4 Å². The van der Waals surface area contributed by atoms with Crippen LogP contribution >= 0.6 is 11.6 Å². The minimum Gasteiger partial charge on any atom is -0.478 e. The van der Waals surface area contributed by atoms with Gasteiger partial charge in [-0.05, 0) is 55.7 Å². The molecule has 0 saturated heterocycles. The van der Waals surface area contributed by atoms with Gasteiger partial charge in [-0.25, -0.2) is 18.2 Å². The largest absolute Gasteiger partial charge is 0.478 e. The van der Waals surface area contributed by atoms with Gasteiger partial charge in [0.15, 0.2) is 0 Å². The fourth-order valence-electron chi connectivity index (χ4n) is 3.60. The van der Waals surface area contributed by atoms with Crippen LogP contribution in [0.4, 0.5) is 18.9 Å². The molecule has 2 aromatic rings. The molecule has 0 spiro atoms. The molecule has 30 heavy (non-hydrogen) atoms. The Morgan fingerprint density at radius 3 is 2.33 bits per heavy atom. The van der Waals surface area contributed by atoms with Crippen LogP contribution in [-0.4, -0.2) is 36.7 Å². The van der Waals surface area contributed by atoms with Crippen LogP contribution in [0.5, 0.6) is 0 Å². The molecule has 1 aliphatic carbocycles. The first-order valence-electron chi connectivity index (χ1n) is 9.06. The molecule has 1 heterocycles. The van der Waals surface area contributed by atoms with Gasteiger partial charge in [0.25, 0.3) is 10.0 Å². The summed E-state index contributed by atoms with van der Waals surface area (Å²) in [6, 6.07) is 6.55. The Bertz CT molecular complexity index is 1010. The van der Waals surface area contributed by atoms with E-state index in [2.05, 4.69) is 4.98 Å². The van der Waals surface area contributed by atoms with E-state index < -0.39 is 34.1 Å². The molecule has 0 aliphatic heterocycles. The summed E-state index contributed by atoms with van der Waals surface area (Å²) >= 11 is 5.72. The second-order valence-electron chi connectivity index (χ2n) is 7.03. The number of aromatic carboxylic acids is 1. The van der Waals surface area contributed by atoms with Crippen LogP contribution in [0.2, 0.25) is 5.15 Å². The molecule has 1 saturated carbocycles. The molecule has 11 heteroatoms. The summed E-state index contributed by atoms with van der Waals surface area (Å²) in [4.78, 5) is 14.7. The lowest BCUT2D eigenvalue weighted by Gasteiger charge is -2.38. The Balaban J connectivity index is 2.06. The number of anilines is 1. The highest BCUT2D eigenvalue weighted by molar-refractivity contribution is 7.92. The van der Waals surface area contributed by atoms with Crippen molar-refractivity contribution in [1.82, 2.24) is 4.98 Å². The fourth-order valence-corrected chi connectivity index (χ4v) is 5.35. The fraction of sp³-hybridized carbons (Fsp3) is 0.368. The van der Waals surface area contributed by atoms with Gasteiger partial charge >= 0.3 is 12.1 Å². The van der Waals surface area contributed by atoms with Gasteiger partial charge in [0.05, 0.1) is 17.2 Å². The lowest BCUT2D eigenvalue weighted by Crippen LogP contribution is -2.45. The molecule has 1 aromatic heterocycles. The molecule has 1 fully saturated rings. The van der Waals surface area contributed by atoms with Crippen molar-refractivity contribution in [2.45, 2.75) is 42.8 Å². The average Bonchev–Trinajstić information content (AvgIpc) is 2.68. The zero-order valence-corrected chi connectivity index (χ0v) is 17.1. The molecule has 0 bridgehead atoms. The van der Waals surface area contributed by atoms with Crippen LogP contribution in [0.3, 0.4) is 0 Å². The maximum absolute atomic E-state index is 13.4. The van der Waals surface area contributed by atoms with Crippen LogP contribution in [0.1, 0.15) is 36.0 Å². The van der Waals surface area contributed by atoms with Gasteiger partial charge in [0.2, 0.25) is 0 Å². The maximum atomic E-state index is 13.4. The molecule has 2 atom stereocenters. The molecular formula is C19H18ClF3N2O4S. The van der Waals surface area contributed by atoms with Crippen molar-refractivity contribution in [3.05, 3.63) is 53.3 Å². The molecule has 6 nitrogen and oxygen atoms in total. The van der Waals surface area contributed by atoms with Crippen molar-refractivity contribution in [2.24, 2.45) is 5.92 Å². The first-order valence-corrected chi connectivity index (χ1v) is 10.9.